The zero-order valence-electron chi connectivity index (χ0n) is 10.1. The Morgan fingerprint density at radius 2 is 2.00 bits per heavy atom. The van der Waals surface area contributed by atoms with Crippen LogP contribution in [0.25, 0.3) is 0 Å². The van der Waals surface area contributed by atoms with Gasteiger partial charge in [-0.25, -0.2) is 14.8 Å². The summed E-state index contributed by atoms with van der Waals surface area (Å²) in [5, 5.41) is 13.2. The van der Waals surface area contributed by atoms with E-state index < -0.39 is 11.9 Å². The molecule has 0 radical (unpaired) electrons. The van der Waals surface area contributed by atoms with Gasteiger partial charge in [0.1, 0.15) is 10.7 Å². The molecule has 10 heteroatoms. The highest BCUT2D eigenvalue weighted by Crippen LogP contribution is 2.30. The molecule has 2 N–H and O–H groups in total. The van der Waals surface area contributed by atoms with Gasteiger partial charge in [-0.15, -0.1) is 11.3 Å². The summed E-state index contributed by atoms with van der Waals surface area (Å²) in [7, 11) is 0. The van der Waals surface area contributed by atoms with Crippen LogP contribution in [0.3, 0.4) is 0 Å². The molecule has 0 spiro atoms. The van der Waals surface area contributed by atoms with Crippen molar-refractivity contribution in [3.05, 3.63) is 43.0 Å². The van der Waals surface area contributed by atoms with Crippen LogP contribution in [0, 0.1) is 0 Å². The third-order valence-corrected chi connectivity index (χ3v) is 4.39. The number of aromatic nitrogens is 2. The lowest BCUT2D eigenvalue weighted by molar-refractivity contribution is 0.0691. The Balaban J connectivity index is 2.08. The van der Waals surface area contributed by atoms with E-state index in [0.717, 1.165) is 11.3 Å². The van der Waals surface area contributed by atoms with E-state index in [1.807, 2.05) is 0 Å². The largest absolute Gasteiger partial charge is 0.476 e. The zero-order valence-corrected chi connectivity index (χ0v) is 13.1. The molecule has 0 aliphatic rings. The lowest BCUT2D eigenvalue weighted by Crippen LogP contribution is -2.24. The van der Waals surface area contributed by atoms with Crippen molar-refractivity contribution >= 4 is 58.0 Å². The molecule has 0 atom stereocenters. The highest BCUT2D eigenvalue weighted by atomic mass is 35.5. The smallest absolute Gasteiger partial charge is 0.355 e. The summed E-state index contributed by atoms with van der Waals surface area (Å²) in [4.78, 5) is 30.3. The first kappa shape index (κ1) is 16.0. The van der Waals surface area contributed by atoms with Crippen molar-refractivity contribution in [3.63, 3.8) is 0 Å². The Kier molecular flexibility index (Phi) is 5.00. The number of carboxylic acids is 1. The minimum absolute atomic E-state index is 0.0425. The van der Waals surface area contributed by atoms with Crippen molar-refractivity contribution in [1.82, 2.24) is 15.3 Å². The third-order valence-electron chi connectivity index (χ3n) is 2.30. The van der Waals surface area contributed by atoms with Gasteiger partial charge in [-0.05, 0) is 0 Å². The molecule has 0 aliphatic carbocycles. The normalized spacial score (nSPS) is 10.4. The van der Waals surface area contributed by atoms with E-state index in [-0.39, 0.29) is 33.0 Å². The van der Waals surface area contributed by atoms with Crippen LogP contribution in [0.2, 0.25) is 15.1 Å². The second-order valence-corrected chi connectivity index (χ2v) is 5.80. The first-order chi connectivity index (χ1) is 9.90. The number of halogens is 3. The van der Waals surface area contributed by atoms with Crippen molar-refractivity contribution in [1.29, 1.82) is 0 Å². The van der Waals surface area contributed by atoms with Gasteiger partial charge in [0, 0.05) is 11.6 Å². The average Bonchev–Trinajstić information content (AvgIpc) is 2.91. The average molecular weight is 367 g/mol. The molecule has 0 fully saturated rings. The zero-order chi connectivity index (χ0) is 15.6. The second kappa shape index (κ2) is 6.57. The van der Waals surface area contributed by atoms with Gasteiger partial charge in [0.25, 0.3) is 5.91 Å². The van der Waals surface area contributed by atoms with Crippen LogP contribution in [-0.2, 0) is 6.54 Å². The van der Waals surface area contributed by atoms with E-state index in [4.69, 9.17) is 39.9 Å². The van der Waals surface area contributed by atoms with Gasteiger partial charge in [-0.2, -0.15) is 0 Å². The summed E-state index contributed by atoms with van der Waals surface area (Å²) in [6, 6.07) is 0. The van der Waals surface area contributed by atoms with E-state index in [1.54, 1.807) is 0 Å². The van der Waals surface area contributed by atoms with Crippen LogP contribution < -0.4 is 5.32 Å². The summed E-state index contributed by atoms with van der Waals surface area (Å²) < 4.78 is 0. The molecule has 1 amide bonds. The molecule has 0 saturated heterocycles. The lowest BCUT2D eigenvalue weighted by atomic mass is 10.3. The maximum absolute atomic E-state index is 11.9. The molecule has 110 valence electrons. The summed E-state index contributed by atoms with van der Waals surface area (Å²) in [6.07, 6.45) is 1.22. The maximum Gasteiger partial charge on any atom is 0.355 e. The Labute approximate surface area is 137 Å². The molecule has 0 aromatic carbocycles. The van der Waals surface area contributed by atoms with Crippen molar-refractivity contribution in [3.8, 4) is 0 Å². The van der Waals surface area contributed by atoms with Gasteiger partial charge < -0.3 is 10.4 Å². The van der Waals surface area contributed by atoms with Crippen LogP contribution in [0.5, 0.6) is 0 Å². The molecule has 0 aliphatic heterocycles. The minimum Gasteiger partial charge on any atom is -0.476 e. The van der Waals surface area contributed by atoms with Crippen molar-refractivity contribution in [2.45, 2.75) is 6.54 Å². The number of nitrogens with one attached hydrogen (secondary N) is 1. The maximum atomic E-state index is 11.9. The minimum atomic E-state index is -1.13. The van der Waals surface area contributed by atoms with Gasteiger partial charge >= 0.3 is 5.97 Å². The van der Waals surface area contributed by atoms with Crippen LogP contribution in [0.1, 0.15) is 26.0 Å². The molecule has 2 aromatic rings. The molecule has 2 aromatic heterocycles. The summed E-state index contributed by atoms with van der Waals surface area (Å²) in [6.45, 7) is 0.0506. The predicted octanol–water partition coefficient (Wildman–Crippen LogP) is 3.13. The number of carbonyl (C=O) groups is 2. The number of hydrogen-bond acceptors (Lipinski definition) is 5. The van der Waals surface area contributed by atoms with E-state index in [9.17, 15) is 9.59 Å². The van der Waals surface area contributed by atoms with Crippen LogP contribution in [0.4, 0.5) is 0 Å². The number of pyridine rings is 1. The second-order valence-electron chi connectivity index (χ2n) is 3.70. The molecule has 0 saturated carbocycles. The quantitative estimate of drug-likeness (QED) is 0.867. The van der Waals surface area contributed by atoms with Crippen molar-refractivity contribution < 1.29 is 14.7 Å². The highest BCUT2D eigenvalue weighted by molar-refractivity contribution is 7.09. The highest BCUT2D eigenvalue weighted by Gasteiger charge is 2.17. The molecular weight excluding hydrogens is 361 g/mol. The van der Waals surface area contributed by atoms with Gasteiger partial charge in [0.2, 0.25) is 0 Å². The molecule has 0 unspecified atom stereocenters. The number of rotatable bonds is 4. The first-order valence-corrected chi connectivity index (χ1v) is 7.37. The van der Waals surface area contributed by atoms with Crippen LogP contribution in [-0.4, -0.2) is 27.0 Å². The monoisotopic (exact) mass is 365 g/mol. The fourth-order valence-corrected chi connectivity index (χ4v) is 2.61. The lowest BCUT2D eigenvalue weighted by Gasteiger charge is -2.06. The number of amides is 1. The summed E-state index contributed by atoms with van der Waals surface area (Å²) in [5.41, 5.74) is -0.143. The first-order valence-electron chi connectivity index (χ1n) is 5.35. The number of aromatic carboxylic acids is 1. The Morgan fingerprint density at radius 3 is 2.62 bits per heavy atom. The van der Waals surface area contributed by atoms with Crippen molar-refractivity contribution in [2.75, 3.05) is 0 Å². The van der Waals surface area contributed by atoms with E-state index in [2.05, 4.69) is 15.3 Å². The van der Waals surface area contributed by atoms with Gasteiger partial charge in [0.15, 0.2) is 5.69 Å². The molecule has 21 heavy (non-hydrogen) atoms. The van der Waals surface area contributed by atoms with Gasteiger partial charge in [-0.3, -0.25) is 4.79 Å². The van der Waals surface area contributed by atoms with E-state index in [1.165, 1.54) is 11.6 Å². The van der Waals surface area contributed by atoms with Crippen LogP contribution in [0.15, 0.2) is 11.6 Å². The SMILES string of the molecule is O=C(O)c1csc(CNC(=O)c2ncc(Cl)c(Cl)c2Cl)n1. The van der Waals surface area contributed by atoms with E-state index in [0.29, 0.717) is 5.01 Å². The Bertz CT molecular complexity index is 720. The van der Waals surface area contributed by atoms with E-state index >= 15 is 0 Å². The number of nitrogens with zero attached hydrogens (tertiary/aromatic N) is 2. The number of thiazole rings is 1. The summed E-state index contributed by atoms with van der Waals surface area (Å²) >= 11 is 18.6. The third kappa shape index (κ3) is 3.62. The van der Waals surface area contributed by atoms with Crippen LogP contribution >= 0.6 is 46.1 Å². The standard InChI is InChI=1S/C11H6Cl3N3O3S/c12-4-1-15-9(8(14)7(4)13)10(18)16-2-6-17-5(3-21-6)11(19)20/h1,3H,2H2,(H,16,18)(H,19,20). The molecular formula is C11H6Cl3N3O3S. The van der Waals surface area contributed by atoms with Gasteiger partial charge in [-0.1, -0.05) is 34.8 Å². The molecule has 2 heterocycles. The fourth-order valence-electron chi connectivity index (χ4n) is 1.33. The molecule has 2 rings (SSSR count). The topological polar surface area (TPSA) is 92.2 Å². The van der Waals surface area contributed by atoms with Crippen molar-refractivity contribution in [2.24, 2.45) is 0 Å². The number of carbonyl (C=O) groups excluding carboxylic acids is 1. The predicted molar refractivity (Wildman–Crippen MR) is 79.5 cm³/mol. The summed E-state index contributed by atoms with van der Waals surface area (Å²) in [5.74, 6) is -1.69. The Hall–Kier alpha value is -1.41. The molecule has 0 bridgehead atoms. The number of carboxylic acid groups (broad SMARTS) is 1. The fraction of sp³-hybridized carbons (Fsp3) is 0.0909. The Morgan fingerprint density at radius 1 is 1.29 bits per heavy atom. The number of hydrogen-bond donors (Lipinski definition) is 2. The van der Waals surface area contributed by atoms with Gasteiger partial charge in [0.05, 0.1) is 21.6 Å². The molecule has 6 nitrogen and oxygen atoms in total.